The van der Waals surface area contributed by atoms with Gasteiger partial charge in [0.2, 0.25) is 5.95 Å². The fourth-order valence-corrected chi connectivity index (χ4v) is 1.90. The number of hydrogen-bond donors (Lipinski definition) is 2. The molecular formula is C11H13N7. The Hall–Kier alpha value is -2.44. The smallest absolute Gasteiger partial charge is 0.225 e. The molecule has 0 aliphatic carbocycles. The predicted molar refractivity (Wildman–Crippen MR) is 68.1 cm³/mol. The number of aromatic nitrogens is 6. The average Bonchev–Trinajstić information content (AvgIpc) is 3.05. The van der Waals surface area contributed by atoms with Gasteiger partial charge in [0.15, 0.2) is 11.5 Å². The highest BCUT2D eigenvalue weighted by Gasteiger charge is 2.14. The zero-order valence-corrected chi connectivity index (χ0v) is 10.2. The van der Waals surface area contributed by atoms with Gasteiger partial charge in [0, 0.05) is 26.0 Å². The molecule has 0 aliphatic heterocycles. The van der Waals surface area contributed by atoms with E-state index in [0.717, 1.165) is 23.4 Å². The fourth-order valence-electron chi connectivity index (χ4n) is 1.90. The van der Waals surface area contributed by atoms with Crippen LogP contribution in [0.3, 0.4) is 0 Å². The van der Waals surface area contributed by atoms with Crippen molar-refractivity contribution >= 4 is 17.0 Å². The van der Waals surface area contributed by atoms with Gasteiger partial charge in [-0.1, -0.05) is 0 Å². The van der Waals surface area contributed by atoms with E-state index in [9.17, 15) is 0 Å². The molecule has 0 aliphatic rings. The molecule has 0 atom stereocenters. The van der Waals surface area contributed by atoms with E-state index < -0.39 is 0 Å². The Bertz CT molecular complexity index is 682. The molecule has 0 radical (unpaired) electrons. The van der Waals surface area contributed by atoms with Gasteiger partial charge in [-0.15, -0.1) is 0 Å². The van der Waals surface area contributed by atoms with Gasteiger partial charge in [-0.05, 0) is 6.92 Å². The van der Waals surface area contributed by atoms with Crippen LogP contribution in [0, 0.1) is 0 Å². The maximum absolute atomic E-state index is 4.48. The second kappa shape index (κ2) is 4.10. The second-order valence-corrected chi connectivity index (χ2v) is 3.81. The van der Waals surface area contributed by atoms with Gasteiger partial charge in [-0.2, -0.15) is 10.1 Å². The maximum Gasteiger partial charge on any atom is 0.225 e. The molecule has 3 aromatic rings. The monoisotopic (exact) mass is 243 g/mol. The second-order valence-electron chi connectivity index (χ2n) is 3.81. The van der Waals surface area contributed by atoms with Crippen LogP contribution in [0.15, 0.2) is 18.6 Å². The van der Waals surface area contributed by atoms with Crippen molar-refractivity contribution in [3.05, 3.63) is 18.6 Å². The first-order chi connectivity index (χ1) is 8.83. The molecule has 0 fully saturated rings. The maximum atomic E-state index is 4.48. The van der Waals surface area contributed by atoms with Crippen LogP contribution in [0.1, 0.15) is 6.92 Å². The van der Waals surface area contributed by atoms with Crippen molar-refractivity contribution in [2.24, 2.45) is 0 Å². The third kappa shape index (κ3) is 1.52. The summed E-state index contributed by atoms with van der Waals surface area (Å²) in [6, 6.07) is 0. The molecule has 0 amide bonds. The Morgan fingerprint density at radius 1 is 1.39 bits per heavy atom. The number of anilines is 1. The number of nitrogens with one attached hydrogen (secondary N) is 2. The Morgan fingerprint density at radius 3 is 3.06 bits per heavy atom. The molecule has 92 valence electrons. The summed E-state index contributed by atoms with van der Waals surface area (Å²) in [4.78, 5) is 13.1. The topological polar surface area (TPSA) is 84.3 Å². The SMILES string of the molecule is CCn1ccnc1-c1nc(NC)nc2[nH]ncc12. The fraction of sp³-hybridized carbons (Fsp3) is 0.273. The Balaban J connectivity index is 2.30. The largest absolute Gasteiger partial charge is 0.357 e. The molecule has 0 aromatic carbocycles. The molecule has 7 heteroatoms. The molecule has 7 nitrogen and oxygen atoms in total. The Kier molecular flexibility index (Phi) is 2.44. The van der Waals surface area contributed by atoms with Crippen LogP contribution in [0.5, 0.6) is 0 Å². The minimum atomic E-state index is 0.549. The molecule has 3 rings (SSSR count). The summed E-state index contributed by atoms with van der Waals surface area (Å²) >= 11 is 0. The van der Waals surface area contributed by atoms with E-state index in [0.29, 0.717) is 11.6 Å². The quantitative estimate of drug-likeness (QED) is 0.723. The third-order valence-electron chi connectivity index (χ3n) is 2.80. The van der Waals surface area contributed by atoms with Crippen LogP contribution in [0.4, 0.5) is 5.95 Å². The lowest BCUT2D eigenvalue weighted by Crippen LogP contribution is -2.02. The number of aromatic amines is 1. The molecule has 0 unspecified atom stereocenters. The minimum absolute atomic E-state index is 0.549. The first-order valence-corrected chi connectivity index (χ1v) is 5.74. The Labute approximate surface area is 103 Å². The first kappa shape index (κ1) is 10.7. The molecule has 0 bridgehead atoms. The number of nitrogens with zero attached hydrogens (tertiary/aromatic N) is 5. The van der Waals surface area contributed by atoms with Crippen LogP contribution in [-0.2, 0) is 6.54 Å². The summed E-state index contributed by atoms with van der Waals surface area (Å²) in [5.74, 6) is 1.37. The highest BCUT2D eigenvalue weighted by atomic mass is 15.2. The van der Waals surface area contributed by atoms with E-state index in [-0.39, 0.29) is 0 Å². The van der Waals surface area contributed by atoms with Gasteiger partial charge in [0.05, 0.1) is 11.6 Å². The third-order valence-corrected chi connectivity index (χ3v) is 2.80. The molecule has 0 saturated heterocycles. The lowest BCUT2D eigenvalue weighted by Gasteiger charge is -2.06. The van der Waals surface area contributed by atoms with E-state index in [2.05, 4.69) is 37.4 Å². The molecular weight excluding hydrogens is 230 g/mol. The van der Waals surface area contributed by atoms with E-state index in [4.69, 9.17) is 0 Å². The Morgan fingerprint density at radius 2 is 2.28 bits per heavy atom. The number of H-pyrrole nitrogens is 1. The highest BCUT2D eigenvalue weighted by molar-refractivity contribution is 5.88. The van der Waals surface area contributed by atoms with Crippen molar-refractivity contribution in [3.63, 3.8) is 0 Å². The molecule has 0 spiro atoms. The van der Waals surface area contributed by atoms with Crippen molar-refractivity contribution in [3.8, 4) is 11.5 Å². The van der Waals surface area contributed by atoms with Gasteiger partial charge in [-0.3, -0.25) is 5.10 Å². The first-order valence-electron chi connectivity index (χ1n) is 5.74. The van der Waals surface area contributed by atoms with E-state index in [1.54, 1.807) is 19.4 Å². The standard InChI is InChI=1S/C11H13N7/c1-3-18-5-4-13-10(18)8-7-6-14-17-9(7)16-11(12-2)15-8/h4-6H,3H2,1-2H3,(H2,12,14,15,16,17). The van der Waals surface area contributed by atoms with Gasteiger partial charge >= 0.3 is 0 Å². The van der Waals surface area contributed by atoms with Crippen LogP contribution in [0.2, 0.25) is 0 Å². The van der Waals surface area contributed by atoms with Gasteiger partial charge in [0.1, 0.15) is 5.69 Å². The molecule has 2 N–H and O–H groups in total. The highest BCUT2D eigenvalue weighted by Crippen LogP contribution is 2.24. The van der Waals surface area contributed by atoms with Crippen molar-refractivity contribution in [2.45, 2.75) is 13.5 Å². The van der Waals surface area contributed by atoms with E-state index in [1.807, 2.05) is 10.8 Å². The van der Waals surface area contributed by atoms with Gasteiger partial charge in [0.25, 0.3) is 0 Å². The summed E-state index contributed by atoms with van der Waals surface area (Å²) < 4.78 is 2.04. The molecule has 3 aromatic heterocycles. The van der Waals surface area contributed by atoms with Crippen LogP contribution >= 0.6 is 0 Å². The summed E-state index contributed by atoms with van der Waals surface area (Å²) in [6.45, 7) is 2.91. The molecule has 3 heterocycles. The normalized spacial score (nSPS) is 11.0. The molecule has 18 heavy (non-hydrogen) atoms. The van der Waals surface area contributed by atoms with Crippen LogP contribution in [-0.4, -0.2) is 36.8 Å². The average molecular weight is 243 g/mol. The summed E-state index contributed by atoms with van der Waals surface area (Å²) in [5.41, 5.74) is 1.49. The molecule has 0 saturated carbocycles. The van der Waals surface area contributed by atoms with Crippen molar-refractivity contribution < 1.29 is 0 Å². The number of hydrogen-bond acceptors (Lipinski definition) is 5. The zero-order valence-electron chi connectivity index (χ0n) is 10.2. The van der Waals surface area contributed by atoms with Crippen LogP contribution in [0.25, 0.3) is 22.6 Å². The van der Waals surface area contributed by atoms with E-state index >= 15 is 0 Å². The van der Waals surface area contributed by atoms with Crippen LogP contribution < -0.4 is 5.32 Å². The lowest BCUT2D eigenvalue weighted by molar-refractivity contribution is 0.768. The van der Waals surface area contributed by atoms with Gasteiger partial charge in [-0.25, -0.2) is 9.97 Å². The van der Waals surface area contributed by atoms with Crippen molar-refractivity contribution in [1.29, 1.82) is 0 Å². The predicted octanol–water partition coefficient (Wildman–Crippen LogP) is 1.28. The number of imidazole rings is 1. The number of fused-ring (bicyclic) bond motifs is 1. The number of aryl methyl sites for hydroxylation is 1. The zero-order chi connectivity index (χ0) is 12.5. The summed E-state index contributed by atoms with van der Waals surface area (Å²) in [6.07, 6.45) is 5.42. The summed E-state index contributed by atoms with van der Waals surface area (Å²) in [7, 11) is 1.79. The van der Waals surface area contributed by atoms with Gasteiger partial charge < -0.3 is 9.88 Å². The minimum Gasteiger partial charge on any atom is -0.357 e. The van der Waals surface area contributed by atoms with Crippen molar-refractivity contribution in [1.82, 2.24) is 29.7 Å². The summed E-state index contributed by atoms with van der Waals surface area (Å²) in [5, 5.41) is 10.7. The number of rotatable bonds is 3. The van der Waals surface area contributed by atoms with Crippen molar-refractivity contribution in [2.75, 3.05) is 12.4 Å². The lowest BCUT2D eigenvalue weighted by atomic mass is 10.3. The van der Waals surface area contributed by atoms with E-state index in [1.165, 1.54) is 0 Å².